The Morgan fingerprint density at radius 3 is 2.08 bits per heavy atom. The first-order valence-corrected chi connectivity index (χ1v) is 16.6. The van der Waals surface area contributed by atoms with Gasteiger partial charge >= 0.3 is 12.1 Å². The number of anilines is 1. The van der Waals surface area contributed by atoms with Crippen LogP contribution in [0, 0.1) is 5.92 Å². The van der Waals surface area contributed by atoms with Crippen molar-refractivity contribution in [2.24, 2.45) is 11.7 Å². The summed E-state index contributed by atoms with van der Waals surface area (Å²) in [5.41, 5.74) is 5.96. The van der Waals surface area contributed by atoms with E-state index < -0.39 is 41.6 Å². The zero-order valence-corrected chi connectivity index (χ0v) is 29.1. The number of nitrogens with zero attached hydrogens (tertiary/aromatic N) is 1. The molecule has 0 bridgehead atoms. The predicted octanol–water partition coefficient (Wildman–Crippen LogP) is 2.25. The summed E-state index contributed by atoms with van der Waals surface area (Å²) < 4.78 is 5.23. The number of unbranched alkanes of at least 4 members (excludes halogenated alkanes) is 2. The molecule has 0 radical (unpaired) electrons. The number of rotatable bonds is 19. The lowest BCUT2D eigenvalue weighted by molar-refractivity contribution is -0.137. The van der Waals surface area contributed by atoms with E-state index in [2.05, 4.69) is 26.6 Å². The molecule has 2 atom stereocenters. The molecule has 270 valence electrons. The van der Waals surface area contributed by atoms with Gasteiger partial charge in [-0.25, -0.2) is 9.59 Å². The van der Waals surface area contributed by atoms with Crippen molar-refractivity contribution in [3.05, 3.63) is 42.0 Å². The van der Waals surface area contributed by atoms with Crippen molar-refractivity contribution in [1.82, 2.24) is 26.2 Å². The van der Waals surface area contributed by atoms with E-state index in [-0.39, 0.29) is 49.6 Å². The fourth-order valence-corrected chi connectivity index (χ4v) is 4.82. The fourth-order valence-electron chi connectivity index (χ4n) is 4.82. The van der Waals surface area contributed by atoms with E-state index in [0.29, 0.717) is 44.3 Å². The number of hydrogen-bond acceptors (Lipinski definition) is 8. The van der Waals surface area contributed by atoms with Gasteiger partial charge in [-0.15, -0.1) is 0 Å². The van der Waals surface area contributed by atoms with Crippen LogP contribution < -0.4 is 32.3 Å². The van der Waals surface area contributed by atoms with Gasteiger partial charge < -0.3 is 37.1 Å². The summed E-state index contributed by atoms with van der Waals surface area (Å²) in [4.78, 5) is 86.9. The number of urea groups is 1. The van der Waals surface area contributed by atoms with Gasteiger partial charge in [0.2, 0.25) is 17.7 Å². The highest BCUT2D eigenvalue weighted by Gasteiger charge is 2.29. The molecular weight excluding hydrogens is 634 g/mol. The summed E-state index contributed by atoms with van der Waals surface area (Å²) in [6.07, 6.45) is 4.82. The van der Waals surface area contributed by atoms with Crippen LogP contribution in [0.15, 0.2) is 36.4 Å². The van der Waals surface area contributed by atoms with Crippen LogP contribution >= 0.6 is 0 Å². The first-order valence-electron chi connectivity index (χ1n) is 16.6. The number of ether oxygens (including phenoxy) is 1. The molecule has 0 spiro atoms. The molecule has 15 nitrogen and oxygen atoms in total. The highest BCUT2D eigenvalue weighted by Crippen LogP contribution is 2.13. The molecule has 15 heteroatoms. The second-order valence-electron chi connectivity index (χ2n) is 13.1. The molecule has 8 amide bonds. The number of benzene rings is 1. The Morgan fingerprint density at radius 2 is 1.49 bits per heavy atom. The molecule has 0 saturated carbocycles. The van der Waals surface area contributed by atoms with Crippen LogP contribution in [0.25, 0.3) is 0 Å². The molecule has 0 aliphatic carbocycles. The zero-order chi connectivity index (χ0) is 36.6. The van der Waals surface area contributed by atoms with Crippen LogP contribution in [0.3, 0.4) is 0 Å². The Hall–Kier alpha value is -4.95. The Bertz CT molecular complexity index is 1340. The van der Waals surface area contributed by atoms with E-state index in [4.69, 9.17) is 10.5 Å². The van der Waals surface area contributed by atoms with Gasteiger partial charge in [0, 0.05) is 43.9 Å². The standard InChI is InChI=1S/C34H51N7O8/c1-22(2)29(40-26(42)11-7-6-8-21-41-27(43)16-17-28(41)44)31(46)39-25(10-9-19-36-32(35)47)30(45)38-24-14-12-23(13-15-24)18-20-37-33(48)49-34(3,4)5/h12-17,22,25,29H,6-11,18-21H2,1-5H3,(H,37,48)(H,38,45)(H,39,46)(H,40,42)(H3,35,36,47)/t25?,29-/m1/s1. The Balaban J connectivity index is 1.93. The number of primary amides is 1. The van der Waals surface area contributed by atoms with Crippen molar-refractivity contribution in [3.8, 4) is 0 Å². The molecule has 1 unspecified atom stereocenters. The molecule has 1 aliphatic heterocycles. The topological polar surface area (TPSA) is 218 Å². The second kappa shape index (κ2) is 19.8. The van der Waals surface area contributed by atoms with Crippen molar-refractivity contribution < 1.29 is 38.3 Å². The van der Waals surface area contributed by atoms with E-state index in [9.17, 15) is 33.6 Å². The molecule has 0 aromatic heterocycles. The molecule has 1 aromatic rings. The molecule has 49 heavy (non-hydrogen) atoms. The van der Waals surface area contributed by atoms with Gasteiger partial charge in [0.25, 0.3) is 11.8 Å². The van der Waals surface area contributed by atoms with Crippen LogP contribution in [0.1, 0.15) is 78.7 Å². The molecular formula is C34H51N7O8. The van der Waals surface area contributed by atoms with Crippen molar-refractivity contribution in [1.29, 1.82) is 0 Å². The number of alkyl carbamates (subject to hydrolysis) is 1. The number of nitrogens with two attached hydrogens (primary N) is 1. The number of amides is 8. The first-order chi connectivity index (χ1) is 23.1. The van der Waals surface area contributed by atoms with Gasteiger partial charge in [-0.3, -0.25) is 28.9 Å². The third-order valence-corrected chi connectivity index (χ3v) is 7.36. The van der Waals surface area contributed by atoms with E-state index in [0.717, 1.165) is 10.5 Å². The van der Waals surface area contributed by atoms with Gasteiger partial charge in [-0.1, -0.05) is 32.4 Å². The molecule has 1 aliphatic rings. The molecule has 0 fully saturated rings. The summed E-state index contributed by atoms with van der Waals surface area (Å²) >= 11 is 0. The van der Waals surface area contributed by atoms with E-state index in [1.54, 1.807) is 46.8 Å². The molecule has 1 heterocycles. The summed E-state index contributed by atoms with van der Waals surface area (Å²) in [5, 5.41) is 13.5. The Morgan fingerprint density at radius 1 is 0.837 bits per heavy atom. The number of hydrogen-bond donors (Lipinski definition) is 6. The number of nitrogens with one attached hydrogen (secondary N) is 5. The minimum absolute atomic E-state index is 0.145. The lowest BCUT2D eigenvalue weighted by atomic mass is 10.0. The second-order valence-corrected chi connectivity index (χ2v) is 13.1. The van der Waals surface area contributed by atoms with Crippen molar-refractivity contribution in [2.75, 3.05) is 25.0 Å². The normalized spacial score (nSPS) is 13.9. The van der Waals surface area contributed by atoms with Gasteiger partial charge in [0.05, 0.1) is 0 Å². The Labute approximate surface area is 287 Å². The van der Waals surface area contributed by atoms with Gasteiger partial charge in [-0.05, 0) is 76.5 Å². The van der Waals surface area contributed by atoms with E-state index >= 15 is 0 Å². The number of carbonyl (C=O) groups is 7. The molecule has 0 saturated heterocycles. The van der Waals surface area contributed by atoms with Crippen LogP contribution in [0.4, 0.5) is 15.3 Å². The lowest BCUT2D eigenvalue weighted by Crippen LogP contribution is -2.54. The largest absolute Gasteiger partial charge is 0.444 e. The number of carbonyl (C=O) groups excluding carboxylic acids is 7. The maximum Gasteiger partial charge on any atom is 0.407 e. The monoisotopic (exact) mass is 685 g/mol. The summed E-state index contributed by atoms with van der Waals surface area (Å²) in [6.45, 7) is 9.74. The maximum atomic E-state index is 13.4. The van der Waals surface area contributed by atoms with Crippen LogP contribution in [-0.2, 0) is 35.1 Å². The lowest BCUT2D eigenvalue weighted by Gasteiger charge is -2.25. The van der Waals surface area contributed by atoms with Crippen LogP contribution in [-0.4, -0.2) is 83.9 Å². The average molecular weight is 686 g/mol. The summed E-state index contributed by atoms with van der Waals surface area (Å²) in [5.74, 6) is -2.32. The third-order valence-electron chi connectivity index (χ3n) is 7.36. The van der Waals surface area contributed by atoms with E-state index in [1.165, 1.54) is 12.2 Å². The van der Waals surface area contributed by atoms with Crippen molar-refractivity contribution >= 4 is 47.3 Å². The minimum Gasteiger partial charge on any atom is -0.444 e. The average Bonchev–Trinajstić information content (AvgIpc) is 3.33. The predicted molar refractivity (Wildman–Crippen MR) is 183 cm³/mol. The van der Waals surface area contributed by atoms with Gasteiger partial charge in [0.1, 0.15) is 17.7 Å². The Kier molecular flexibility index (Phi) is 16.2. The van der Waals surface area contributed by atoms with Gasteiger partial charge in [-0.2, -0.15) is 0 Å². The van der Waals surface area contributed by atoms with Gasteiger partial charge in [0.15, 0.2) is 0 Å². The third kappa shape index (κ3) is 15.7. The quantitative estimate of drug-likeness (QED) is 0.0935. The van der Waals surface area contributed by atoms with Crippen molar-refractivity contribution in [2.45, 2.75) is 97.2 Å². The molecule has 1 aromatic carbocycles. The summed E-state index contributed by atoms with van der Waals surface area (Å²) in [6, 6.07) is 4.44. The first kappa shape index (κ1) is 40.2. The molecule has 7 N–H and O–H groups in total. The highest BCUT2D eigenvalue weighted by atomic mass is 16.6. The zero-order valence-electron chi connectivity index (χ0n) is 29.1. The van der Waals surface area contributed by atoms with Crippen LogP contribution in [0.2, 0.25) is 0 Å². The number of imide groups is 1. The SMILES string of the molecule is CC(C)[C@@H](NC(=O)CCCCCN1C(=O)C=CC1=O)C(=O)NC(CCCNC(N)=O)C(=O)Nc1ccc(CCNC(=O)OC(C)(C)C)cc1. The maximum absolute atomic E-state index is 13.4. The molecule has 2 rings (SSSR count). The minimum atomic E-state index is -0.983. The summed E-state index contributed by atoms with van der Waals surface area (Å²) in [7, 11) is 0. The highest BCUT2D eigenvalue weighted by molar-refractivity contribution is 6.12. The van der Waals surface area contributed by atoms with Crippen LogP contribution in [0.5, 0.6) is 0 Å². The smallest absolute Gasteiger partial charge is 0.407 e. The fraction of sp³-hybridized carbons (Fsp3) is 0.559. The van der Waals surface area contributed by atoms with Crippen molar-refractivity contribution in [3.63, 3.8) is 0 Å². The van der Waals surface area contributed by atoms with E-state index in [1.807, 2.05) is 12.1 Å².